The second kappa shape index (κ2) is 13.8. The summed E-state index contributed by atoms with van der Waals surface area (Å²) < 4.78 is 121. The molecule has 2 heterocycles. The minimum atomic E-state index is -5.56. The van der Waals surface area contributed by atoms with E-state index in [1.165, 1.54) is 24.3 Å². The number of carbonyl (C=O) groups excluding carboxylic acids is 2. The average Bonchev–Trinajstić information content (AvgIpc) is 3.68. The van der Waals surface area contributed by atoms with E-state index in [4.69, 9.17) is 4.74 Å². The van der Waals surface area contributed by atoms with Crippen molar-refractivity contribution in [1.82, 2.24) is 14.8 Å². The maximum atomic E-state index is 15.1. The molecular weight excluding hydrogens is 723 g/mol. The predicted molar refractivity (Wildman–Crippen MR) is 164 cm³/mol. The number of ether oxygens (including phenoxy) is 1. The van der Waals surface area contributed by atoms with Crippen molar-refractivity contribution in [3.8, 4) is 28.9 Å². The molecule has 1 fully saturated rings. The number of hydrogen-bond acceptors (Lipinski definition) is 9. The molecule has 1 aromatic heterocycles. The van der Waals surface area contributed by atoms with E-state index < -0.39 is 57.2 Å². The topological polar surface area (TPSA) is 160 Å². The summed E-state index contributed by atoms with van der Waals surface area (Å²) in [6.45, 7) is -0.791. The lowest BCUT2D eigenvalue weighted by Crippen LogP contribution is -2.31. The van der Waals surface area contributed by atoms with Crippen LogP contribution in [0, 0.1) is 17.1 Å². The highest BCUT2D eigenvalue weighted by atomic mass is 32.2. The van der Waals surface area contributed by atoms with Gasteiger partial charge < -0.3 is 10.1 Å². The minimum Gasteiger partial charge on any atom is -0.491 e. The first-order chi connectivity index (χ1) is 23.5. The number of alkyl halides is 6. The van der Waals surface area contributed by atoms with Crippen molar-refractivity contribution in [1.29, 1.82) is 5.26 Å². The zero-order valence-electron chi connectivity index (χ0n) is 24.7. The number of nitrogens with one attached hydrogen (secondary N) is 1. The van der Waals surface area contributed by atoms with Crippen molar-refractivity contribution in [3.05, 3.63) is 78.4 Å². The molecule has 1 saturated heterocycles. The maximum Gasteiger partial charge on any atom is 0.501 e. The number of halogens is 7. The molecule has 4 aromatic rings. The normalized spacial score (nSPS) is 14.6. The Labute approximate surface area is 281 Å². The van der Waals surface area contributed by atoms with Crippen LogP contribution >= 0.6 is 11.8 Å². The van der Waals surface area contributed by atoms with Gasteiger partial charge in [-0.15, -0.1) is 5.10 Å². The standard InChI is InChI=1S/C29H18F7N7O5S2/c30-20-12-17(25-38-15-42(41-25)18-3-5-19(6-4-18)50(46,47)29(34,35)36)2-7-21(20)39-26(45)40-27-43(24(44)14-49-27)22-11-16(13-37)1-8-23(22)48-10-9-28(31,32)33/h1-8,11-12,15H,9-10,14H2,(H,39,45)/b40-27-. The molecule has 0 radical (unpaired) electrons. The number of nitriles is 1. The fraction of sp³-hybridized carbons (Fsp3) is 0.172. The Balaban J connectivity index is 1.31. The van der Waals surface area contributed by atoms with E-state index in [-0.39, 0.29) is 50.7 Å². The minimum absolute atomic E-state index is 0.0347. The van der Waals surface area contributed by atoms with Gasteiger partial charge in [-0.2, -0.15) is 36.6 Å². The molecule has 5 rings (SSSR count). The predicted octanol–water partition coefficient (Wildman–Crippen LogP) is 6.24. The van der Waals surface area contributed by atoms with Crippen molar-refractivity contribution >= 4 is 50.1 Å². The van der Waals surface area contributed by atoms with Crippen LogP contribution in [0.1, 0.15) is 12.0 Å². The van der Waals surface area contributed by atoms with Crippen LogP contribution < -0.4 is 15.0 Å². The van der Waals surface area contributed by atoms with Crippen molar-refractivity contribution < 1.29 is 53.5 Å². The van der Waals surface area contributed by atoms with Crippen LogP contribution in [-0.4, -0.2) is 64.3 Å². The number of aromatic nitrogens is 3. The second-order valence-corrected chi connectivity index (χ2v) is 12.9. The summed E-state index contributed by atoms with van der Waals surface area (Å²) in [5.74, 6) is -2.03. The van der Waals surface area contributed by atoms with Crippen LogP contribution in [0.4, 0.5) is 46.9 Å². The zero-order valence-corrected chi connectivity index (χ0v) is 26.3. The molecule has 0 unspecified atom stereocenters. The third-order valence-corrected chi connectivity index (χ3v) is 9.04. The summed E-state index contributed by atoms with van der Waals surface area (Å²) >= 11 is 0.805. The zero-order chi connectivity index (χ0) is 36.4. The molecular formula is C29H18F7N7O5S2. The Kier molecular flexibility index (Phi) is 9.88. The molecule has 0 atom stereocenters. The van der Waals surface area contributed by atoms with E-state index in [0.717, 1.165) is 64.1 Å². The smallest absolute Gasteiger partial charge is 0.491 e. The summed E-state index contributed by atoms with van der Waals surface area (Å²) in [6, 6.07) is 11.4. The number of hydrogen-bond donors (Lipinski definition) is 1. The molecule has 0 spiro atoms. The molecule has 1 aliphatic rings. The fourth-order valence-corrected chi connectivity index (χ4v) is 5.88. The summed E-state index contributed by atoms with van der Waals surface area (Å²) in [5, 5.41) is 15.4. The lowest BCUT2D eigenvalue weighted by Gasteiger charge is -2.20. The number of benzene rings is 3. The third kappa shape index (κ3) is 7.86. The van der Waals surface area contributed by atoms with Crippen molar-refractivity contribution in [2.24, 2.45) is 4.99 Å². The first-order valence-electron chi connectivity index (χ1n) is 13.7. The van der Waals surface area contributed by atoms with Gasteiger partial charge in [0.2, 0.25) is 5.91 Å². The van der Waals surface area contributed by atoms with Crippen LogP contribution in [0.3, 0.4) is 0 Å². The lowest BCUT2D eigenvalue weighted by molar-refractivity contribution is -0.139. The molecule has 3 aromatic carbocycles. The molecule has 3 amide bonds. The van der Waals surface area contributed by atoms with Gasteiger partial charge in [-0.1, -0.05) is 11.8 Å². The van der Waals surface area contributed by atoms with E-state index in [1.807, 2.05) is 6.07 Å². The van der Waals surface area contributed by atoms with E-state index in [1.54, 1.807) is 0 Å². The van der Waals surface area contributed by atoms with E-state index in [9.17, 15) is 49.6 Å². The highest BCUT2D eigenvalue weighted by molar-refractivity contribution is 8.15. The van der Waals surface area contributed by atoms with Crippen LogP contribution in [0.25, 0.3) is 17.1 Å². The van der Waals surface area contributed by atoms with Gasteiger partial charge in [0.1, 0.15) is 17.9 Å². The van der Waals surface area contributed by atoms with Crippen LogP contribution in [0.15, 0.2) is 76.9 Å². The number of anilines is 2. The molecule has 1 N–H and O–H groups in total. The third-order valence-electron chi connectivity index (χ3n) is 6.61. The Bertz CT molecular complexity index is 2150. The van der Waals surface area contributed by atoms with Crippen molar-refractivity contribution in [2.75, 3.05) is 22.6 Å². The average molecular weight is 742 g/mol. The van der Waals surface area contributed by atoms with Gasteiger partial charge in [0, 0.05) is 5.56 Å². The largest absolute Gasteiger partial charge is 0.501 e. The number of carbonyl (C=O) groups is 2. The number of thioether (sulfide) groups is 1. The van der Waals surface area contributed by atoms with Gasteiger partial charge in [0.25, 0.3) is 9.84 Å². The molecule has 1 aliphatic heterocycles. The summed E-state index contributed by atoms with van der Waals surface area (Å²) in [7, 11) is -5.56. The molecule has 12 nitrogen and oxygen atoms in total. The molecule has 260 valence electrons. The van der Waals surface area contributed by atoms with E-state index >= 15 is 4.39 Å². The number of aliphatic imine (C=N–C) groups is 1. The monoisotopic (exact) mass is 741 g/mol. The van der Waals surface area contributed by atoms with Gasteiger partial charge in [0.05, 0.1) is 52.4 Å². The Morgan fingerprint density at radius 2 is 1.78 bits per heavy atom. The number of urea groups is 1. The molecule has 21 heteroatoms. The maximum absolute atomic E-state index is 15.1. The highest BCUT2D eigenvalue weighted by Crippen LogP contribution is 2.36. The molecule has 50 heavy (non-hydrogen) atoms. The van der Waals surface area contributed by atoms with Crippen LogP contribution in [0.2, 0.25) is 0 Å². The quantitative estimate of drug-likeness (QED) is 0.206. The first-order valence-corrected chi connectivity index (χ1v) is 16.2. The molecule has 0 aliphatic carbocycles. The number of amidine groups is 1. The van der Waals surface area contributed by atoms with Crippen LogP contribution in [-0.2, 0) is 14.6 Å². The van der Waals surface area contributed by atoms with Crippen LogP contribution in [0.5, 0.6) is 5.75 Å². The fourth-order valence-electron chi connectivity index (χ4n) is 4.26. The number of rotatable bonds is 8. The molecule has 0 saturated carbocycles. The number of nitrogens with zero attached hydrogens (tertiary/aromatic N) is 6. The SMILES string of the molecule is N#Cc1ccc(OCCC(F)(F)F)c(N2C(=O)CS/C2=N\C(=O)Nc2ccc(-c3ncn(-c4ccc(S(=O)(=O)C(F)(F)F)cc4)n3)cc2F)c1. The summed E-state index contributed by atoms with van der Waals surface area (Å²) in [5.41, 5.74) is -5.68. The van der Waals surface area contributed by atoms with Gasteiger partial charge in [-0.25, -0.2) is 27.3 Å². The molecule has 0 bridgehead atoms. The van der Waals surface area contributed by atoms with Gasteiger partial charge in [-0.3, -0.25) is 9.69 Å². The number of sulfone groups is 1. The van der Waals surface area contributed by atoms with Gasteiger partial charge in [-0.05, 0) is 60.7 Å². The lowest BCUT2D eigenvalue weighted by atomic mass is 10.2. The van der Waals surface area contributed by atoms with Crippen molar-refractivity contribution in [3.63, 3.8) is 0 Å². The second-order valence-electron chi connectivity index (χ2n) is 10.0. The Morgan fingerprint density at radius 1 is 1.06 bits per heavy atom. The van der Waals surface area contributed by atoms with Gasteiger partial charge in [0.15, 0.2) is 11.0 Å². The first kappa shape index (κ1) is 35.8. The summed E-state index contributed by atoms with van der Waals surface area (Å²) in [6.07, 6.45) is -4.66. The number of amides is 3. The summed E-state index contributed by atoms with van der Waals surface area (Å²) in [4.78, 5) is 33.3. The highest BCUT2D eigenvalue weighted by Gasteiger charge is 2.46. The van der Waals surface area contributed by atoms with Crippen molar-refractivity contribution in [2.45, 2.75) is 23.0 Å². The van der Waals surface area contributed by atoms with E-state index in [2.05, 4.69) is 20.4 Å². The Hall–Kier alpha value is -5.49. The van der Waals surface area contributed by atoms with Gasteiger partial charge >= 0.3 is 17.7 Å². The van der Waals surface area contributed by atoms with E-state index in [0.29, 0.717) is 0 Å². The Morgan fingerprint density at radius 3 is 2.42 bits per heavy atom.